The van der Waals surface area contributed by atoms with Crippen LogP contribution in [-0.4, -0.2) is 56.0 Å². The number of benzene rings is 2. The topological polar surface area (TPSA) is 94.7 Å². The Hall–Kier alpha value is -2.39. The van der Waals surface area contributed by atoms with E-state index in [1.54, 1.807) is 12.1 Å². The first-order chi connectivity index (χ1) is 15.9. The fraction of sp³-hybridized carbons (Fsp3) is 0.440. The van der Waals surface area contributed by atoms with Gasteiger partial charge in [0.2, 0.25) is 10.0 Å². The predicted octanol–water partition coefficient (Wildman–Crippen LogP) is 3.29. The standard InChI is InChI=1S/C25H31N3O4S/c1-32-11-12-33(30,31)27-22-6-4-5-19(13-22)25(29)20-9-10-21(25)17-28(16-20)15-18-14-26-24-8-3-2-7-23(18)24/h2-8,13-14,20-21,26-27,29H,9-12,15-17H2,1H3. The van der Waals surface area contributed by atoms with Gasteiger partial charge < -0.3 is 14.8 Å². The lowest BCUT2D eigenvalue weighted by molar-refractivity contribution is -0.0913. The van der Waals surface area contributed by atoms with Crippen LogP contribution in [0.2, 0.25) is 0 Å². The zero-order chi connectivity index (χ0) is 23.1. The monoisotopic (exact) mass is 469 g/mol. The molecule has 33 heavy (non-hydrogen) atoms. The van der Waals surface area contributed by atoms with Crippen LogP contribution in [0.3, 0.4) is 0 Å². The molecule has 3 aromatic rings. The summed E-state index contributed by atoms with van der Waals surface area (Å²) in [6.45, 7) is 2.62. The first-order valence-electron chi connectivity index (χ1n) is 11.5. The second-order valence-corrected chi connectivity index (χ2v) is 11.2. The third-order valence-corrected chi connectivity index (χ3v) is 8.54. The lowest BCUT2D eigenvalue weighted by Crippen LogP contribution is -2.51. The van der Waals surface area contributed by atoms with E-state index >= 15 is 0 Å². The fourth-order valence-corrected chi connectivity index (χ4v) is 6.67. The number of piperidine rings is 1. The van der Waals surface area contributed by atoms with Crippen LogP contribution in [0.5, 0.6) is 0 Å². The van der Waals surface area contributed by atoms with Gasteiger partial charge in [0, 0.05) is 61.4 Å². The molecule has 5 rings (SSSR count). The number of aliphatic hydroxyl groups is 1. The highest BCUT2D eigenvalue weighted by Crippen LogP contribution is 2.51. The van der Waals surface area contributed by atoms with Crippen LogP contribution in [0.15, 0.2) is 54.7 Å². The van der Waals surface area contributed by atoms with E-state index in [9.17, 15) is 13.5 Å². The largest absolute Gasteiger partial charge is 0.384 e. The number of H-pyrrole nitrogens is 1. The number of nitrogens with one attached hydrogen (secondary N) is 2. The van der Waals surface area contributed by atoms with E-state index in [1.807, 2.05) is 18.2 Å². The number of fused-ring (bicyclic) bond motifs is 3. The highest BCUT2D eigenvalue weighted by atomic mass is 32.2. The van der Waals surface area contributed by atoms with E-state index < -0.39 is 15.6 Å². The SMILES string of the molecule is COCCS(=O)(=O)Nc1cccc(C2(O)C3CCC2CN(Cc2c[nH]c4ccccc24)C3)c1. The average molecular weight is 470 g/mol. The Morgan fingerprint density at radius 1 is 1.15 bits per heavy atom. The summed E-state index contributed by atoms with van der Waals surface area (Å²) in [5.74, 6) is 0.120. The number of likely N-dealkylation sites (tertiary alicyclic amines) is 1. The molecule has 0 amide bonds. The van der Waals surface area contributed by atoms with Crippen LogP contribution in [0, 0.1) is 11.8 Å². The number of aromatic amines is 1. The van der Waals surface area contributed by atoms with E-state index in [1.165, 1.54) is 18.1 Å². The normalized spacial score (nSPS) is 25.5. The minimum absolute atomic E-state index is 0.105. The molecule has 0 radical (unpaired) electrons. The Morgan fingerprint density at radius 3 is 2.67 bits per heavy atom. The summed E-state index contributed by atoms with van der Waals surface area (Å²) in [6, 6.07) is 15.6. The maximum Gasteiger partial charge on any atom is 0.234 e. The number of nitrogens with zero attached hydrogens (tertiary/aromatic N) is 1. The second kappa shape index (κ2) is 8.76. The molecule has 2 aromatic carbocycles. The summed E-state index contributed by atoms with van der Waals surface area (Å²) in [5.41, 5.74) is 2.77. The third-order valence-electron chi connectivity index (χ3n) is 7.29. The van der Waals surface area contributed by atoms with Crippen molar-refractivity contribution in [2.75, 3.05) is 37.3 Å². The van der Waals surface area contributed by atoms with Gasteiger partial charge in [-0.15, -0.1) is 0 Å². The van der Waals surface area contributed by atoms with E-state index in [2.05, 4.69) is 39.0 Å². The van der Waals surface area contributed by atoms with E-state index in [0.29, 0.717) is 5.69 Å². The van der Waals surface area contributed by atoms with Crippen molar-refractivity contribution >= 4 is 26.6 Å². The van der Waals surface area contributed by atoms with Crippen molar-refractivity contribution in [1.82, 2.24) is 9.88 Å². The number of aromatic nitrogens is 1. The quantitative estimate of drug-likeness (QED) is 0.471. The van der Waals surface area contributed by atoms with Crippen LogP contribution < -0.4 is 4.72 Å². The van der Waals surface area contributed by atoms with Crippen LogP contribution >= 0.6 is 0 Å². The molecule has 2 fully saturated rings. The molecule has 1 aromatic heterocycles. The average Bonchev–Trinajstić information content (AvgIpc) is 3.25. The molecule has 2 unspecified atom stereocenters. The number of hydrogen-bond acceptors (Lipinski definition) is 5. The van der Waals surface area contributed by atoms with Crippen molar-refractivity contribution in [1.29, 1.82) is 0 Å². The van der Waals surface area contributed by atoms with Gasteiger partial charge in [-0.1, -0.05) is 30.3 Å². The fourth-order valence-electron chi connectivity index (χ4n) is 5.69. The molecule has 8 heteroatoms. The first-order valence-corrected chi connectivity index (χ1v) is 13.1. The molecule has 2 aliphatic rings. The Kier molecular flexibility index (Phi) is 5.95. The second-order valence-electron chi connectivity index (χ2n) is 9.34. The first kappa shape index (κ1) is 22.4. The summed E-state index contributed by atoms with van der Waals surface area (Å²) in [7, 11) is -2.02. The molecule has 176 valence electrons. The molecule has 1 saturated heterocycles. The molecular weight excluding hydrogens is 438 g/mol. The molecule has 1 aliphatic carbocycles. The van der Waals surface area contributed by atoms with Gasteiger partial charge in [0.05, 0.1) is 18.0 Å². The molecule has 2 atom stereocenters. The minimum Gasteiger partial charge on any atom is -0.384 e. The van der Waals surface area contributed by atoms with Crippen molar-refractivity contribution in [3.63, 3.8) is 0 Å². The van der Waals surface area contributed by atoms with Crippen LogP contribution in [-0.2, 0) is 26.9 Å². The van der Waals surface area contributed by atoms with Gasteiger partial charge in [0.25, 0.3) is 0 Å². The van der Waals surface area contributed by atoms with Gasteiger partial charge in [-0.2, -0.15) is 0 Å². The van der Waals surface area contributed by atoms with Gasteiger partial charge in [-0.3, -0.25) is 9.62 Å². The van der Waals surface area contributed by atoms with Gasteiger partial charge in [-0.25, -0.2) is 8.42 Å². The highest BCUT2D eigenvalue weighted by molar-refractivity contribution is 7.92. The number of ether oxygens (including phenoxy) is 1. The number of sulfonamides is 1. The van der Waals surface area contributed by atoms with Crippen molar-refractivity contribution < 1.29 is 18.3 Å². The zero-order valence-corrected chi connectivity index (χ0v) is 19.6. The third kappa shape index (κ3) is 4.28. The van der Waals surface area contributed by atoms with Crippen LogP contribution in [0.1, 0.15) is 24.0 Å². The summed E-state index contributed by atoms with van der Waals surface area (Å²) >= 11 is 0. The molecule has 0 spiro atoms. The van der Waals surface area contributed by atoms with Crippen molar-refractivity contribution in [2.45, 2.75) is 25.0 Å². The number of rotatable bonds is 8. The summed E-state index contributed by atoms with van der Waals surface area (Å²) in [5, 5.41) is 13.1. The molecule has 2 bridgehead atoms. The van der Waals surface area contributed by atoms with Gasteiger partial charge in [0.15, 0.2) is 0 Å². The Balaban J connectivity index is 1.33. The maximum absolute atomic E-state index is 12.3. The zero-order valence-electron chi connectivity index (χ0n) is 18.8. The Bertz CT molecular complexity index is 1230. The number of para-hydroxylation sites is 1. The highest BCUT2D eigenvalue weighted by Gasteiger charge is 2.53. The molecular formula is C25H31N3O4S. The molecule has 3 N–H and O–H groups in total. The Labute approximate surface area is 194 Å². The summed E-state index contributed by atoms with van der Waals surface area (Å²) < 4.78 is 32.1. The number of anilines is 1. The molecule has 1 saturated carbocycles. The van der Waals surface area contributed by atoms with E-state index in [4.69, 9.17) is 4.74 Å². The lowest BCUT2D eigenvalue weighted by Gasteiger charge is -2.45. The summed E-state index contributed by atoms with van der Waals surface area (Å²) in [6.07, 6.45) is 4.03. The molecule has 1 aliphatic heterocycles. The number of methoxy groups -OCH3 is 1. The van der Waals surface area contributed by atoms with Crippen molar-refractivity contribution in [3.8, 4) is 0 Å². The van der Waals surface area contributed by atoms with Gasteiger partial charge >= 0.3 is 0 Å². The van der Waals surface area contributed by atoms with Gasteiger partial charge in [0.1, 0.15) is 0 Å². The minimum atomic E-state index is -3.50. The smallest absolute Gasteiger partial charge is 0.234 e. The molecule has 2 heterocycles. The number of hydrogen-bond donors (Lipinski definition) is 3. The van der Waals surface area contributed by atoms with Crippen molar-refractivity contribution in [2.24, 2.45) is 11.8 Å². The van der Waals surface area contributed by atoms with Crippen LogP contribution in [0.25, 0.3) is 10.9 Å². The summed E-state index contributed by atoms with van der Waals surface area (Å²) in [4.78, 5) is 5.80. The lowest BCUT2D eigenvalue weighted by atomic mass is 9.75. The Morgan fingerprint density at radius 2 is 1.91 bits per heavy atom. The predicted molar refractivity (Wildman–Crippen MR) is 129 cm³/mol. The van der Waals surface area contributed by atoms with Crippen LogP contribution in [0.4, 0.5) is 5.69 Å². The van der Waals surface area contributed by atoms with E-state index in [-0.39, 0.29) is 24.2 Å². The van der Waals surface area contributed by atoms with Crippen molar-refractivity contribution in [3.05, 3.63) is 65.9 Å². The van der Waals surface area contributed by atoms with E-state index in [0.717, 1.165) is 43.6 Å². The van der Waals surface area contributed by atoms with Gasteiger partial charge in [-0.05, 0) is 42.2 Å². The molecule has 7 nitrogen and oxygen atoms in total. The maximum atomic E-state index is 12.3.